The Morgan fingerprint density at radius 1 is 1.21 bits per heavy atom. The lowest BCUT2D eigenvalue weighted by Gasteiger charge is -2.14. The van der Waals surface area contributed by atoms with E-state index in [0.717, 1.165) is 13.0 Å². The van der Waals surface area contributed by atoms with Gasteiger partial charge in [0.1, 0.15) is 5.82 Å². The van der Waals surface area contributed by atoms with E-state index in [1.54, 1.807) is 24.5 Å². The smallest absolute Gasteiger partial charge is 0.253 e. The highest BCUT2D eigenvalue weighted by Gasteiger charge is 2.33. The summed E-state index contributed by atoms with van der Waals surface area (Å²) < 4.78 is 14.5. The number of nitrogens with zero attached hydrogens (tertiary/aromatic N) is 4. The number of benzene rings is 1. The first kappa shape index (κ1) is 21.5. The molecule has 7 nitrogen and oxygen atoms in total. The molecule has 0 aliphatic carbocycles. The number of likely N-dealkylation sites (N-methyl/N-ethyl adjacent to an activating group) is 1. The lowest BCUT2D eigenvalue weighted by Crippen LogP contribution is -2.26. The average Bonchev–Trinajstić information content (AvgIpc) is 3.36. The van der Waals surface area contributed by atoms with Crippen molar-refractivity contribution in [2.45, 2.75) is 32.2 Å². The molecule has 0 bridgehead atoms. The summed E-state index contributed by atoms with van der Waals surface area (Å²) in [6.07, 6.45) is 4.30. The second-order valence-corrected chi connectivity index (χ2v) is 8.54. The van der Waals surface area contributed by atoms with Crippen molar-refractivity contribution in [3.8, 4) is 11.3 Å². The molecule has 1 saturated heterocycles. The SMILES string of the molecule is CCN1CC[C@H](c2cnc(Cc3cc(-c4c(F)cccc4Cl)nc4c3C(=O)NC4)cn2)C1=O. The number of halogens is 2. The van der Waals surface area contributed by atoms with Crippen LogP contribution in [0.5, 0.6) is 0 Å². The van der Waals surface area contributed by atoms with Gasteiger partial charge in [0, 0.05) is 31.9 Å². The Labute approximate surface area is 195 Å². The summed E-state index contributed by atoms with van der Waals surface area (Å²) in [6, 6.07) is 6.15. The number of hydrogen-bond donors (Lipinski definition) is 1. The van der Waals surface area contributed by atoms with Crippen LogP contribution in [0.2, 0.25) is 5.02 Å². The van der Waals surface area contributed by atoms with Crippen LogP contribution in [0.15, 0.2) is 36.7 Å². The van der Waals surface area contributed by atoms with Crippen LogP contribution < -0.4 is 5.32 Å². The molecule has 33 heavy (non-hydrogen) atoms. The quantitative estimate of drug-likeness (QED) is 0.623. The van der Waals surface area contributed by atoms with Crippen LogP contribution >= 0.6 is 11.6 Å². The van der Waals surface area contributed by atoms with Crippen molar-refractivity contribution in [2.24, 2.45) is 0 Å². The number of hydrogen-bond acceptors (Lipinski definition) is 5. The number of fused-ring (bicyclic) bond motifs is 1. The maximum atomic E-state index is 14.5. The van der Waals surface area contributed by atoms with Gasteiger partial charge >= 0.3 is 0 Å². The Morgan fingerprint density at radius 3 is 2.76 bits per heavy atom. The van der Waals surface area contributed by atoms with Gasteiger partial charge in [-0.25, -0.2) is 9.37 Å². The number of aromatic nitrogens is 3. The molecule has 9 heteroatoms. The van der Waals surface area contributed by atoms with Crippen molar-refractivity contribution < 1.29 is 14.0 Å². The number of carbonyl (C=O) groups is 2. The molecule has 3 aromatic rings. The fourth-order valence-electron chi connectivity index (χ4n) is 4.48. The molecule has 0 radical (unpaired) electrons. The number of amides is 2. The van der Waals surface area contributed by atoms with Gasteiger partial charge in [-0.15, -0.1) is 0 Å². The summed E-state index contributed by atoms with van der Waals surface area (Å²) in [7, 11) is 0. The molecule has 2 aliphatic rings. The predicted molar refractivity (Wildman–Crippen MR) is 120 cm³/mol. The zero-order chi connectivity index (χ0) is 23.1. The van der Waals surface area contributed by atoms with Gasteiger partial charge in [0.15, 0.2) is 0 Å². The van der Waals surface area contributed by atoms with Crippen molar-refractivity contribution in [3.05, 3.63) is 75.7 Å². The number of rotatable bonds is 5. The third-order valence-electron chi connectivity index (χ3n) is 6.17. The van der Waals surface area contributed by atoms with E-state index < -0.39 is 5.82 Å². The first-order valence-electron chi connectivity index (χ1n) is 10.8. The Hall–Kier alpha value is -3.39. The molecule has 2 aliphatic heterocycles. The molecule has 1 atom stereocenters. The second kappa shape index (κ2) is 8.51. The van der Waals surface area contributed by atoms with E-state index in [1.807, 2.05) is 11.8 Å². The molecule has 1 aromatic carbocycles. The molecule has 0 saturated carbocycles. The summed E-state index contributed by atoms with van der Waals surface area (Å²) in [4.78, 5) is 40.2. The van der Waals surface area contributed by atoms with Gasteiger partial charge in [-0.3, -0.25) is 19.6 Å². The van der Waals surface area contributed by atoms with E-state index in [9.17, 15) is 14.0 Å². The van der Waals surface area contributed by atoms with Crippen LogP contribution in [0.1, 0.15) is 52.3 Å². The fraction of sp³-hybridized carbons (Fsp3) is 0.292. The van der Waals surface area contributed by atoms with E-state index in [-0.39, 0.29) is 34.9 Å². The Morgan fingerprint density at radius 2 is 2.06 bits per heavy atom. The van der Waals surface area contributed by atoms with Crippen molar-refractivity contribution >= 4 is 23.4 Å². The van der Waals surface area contributed by atoms with Crippen LogP contribution in [-0.2, 0) is 17.8 Å². The molecule has 4 heterocycles. The lowest BCUT2D eigenvalue weighted by atomic mass is 9.99. The van der Waals surface area contributed by atoms with Gasteiger partial charge < -0.3 is 10.2 Å². The van der Waals surface area contributed by atoms with Crippen LogP contribution in [0.3, 0.4) is 0 Å². The van der Waals surface area contributed by atoms with E-state index in [2.05, 4.69) is 20.3 Å². The largest absolute Gasteiger partial charge is 0.346 e. The Kier molecular flexibility index (Phi) is 5.54. The molecule has 168 valence electrons. The third kappa shape index (κ3) is 3.84. The van der Waals surface area contributed by atoms with E-state index >= 15 is 0 Å². The van der Waals surface area contributed by atoms with Crippen molar-refractivity contribution in [1.29, 1.82) is 0 Å². The van der Waals surface area contributed by atoms with Gasteiger partial charge in [0.25, 0.3) is 5.91 Å². The summed E-state index contributed by atoms with van der Waals surface area (Å²) >= 11 is 6.25. The predicted octanol–water partition coefficient (Wildman–Crippen LogP) is 3.50. The third-order valence-corrected chi connectivity index (χ3v) is 6.49. The molecular weight excluding hydrogens is 445 g/mol. The fourth-order valence-corrected chi connectivity index (χ4v) is 4.74. The molecule has 2 aromatic heterocycles. The second-order valence-electron chi connectivity index (χ2n) is 8.14. The van der Waals surface area contributed by atoms with Gasteiger partial charge in [-0.1, -0.05) is 17.7 Å². The topological polar surface area (TPSA) is 88.1 Å². The standard InChI is InChI=1S/C24H21ClFN5O2/c1-2-31-7-6-15(24(31)33)19-11-27-14(10-28-19)8-13-9-18(22-16(25)4-3-5-17(22)26)30-20-12-29-23(32)21(13)20/h3-5,9-11,15H,2,6-8,12H2,1H3,(H,29,32)/t15-/m1/s1. The summed E-state index contributed by atoms with van der Waals surface area (Å²) in [5.41, 5.74) is 3.54. The molecule has 0 unspecified atom stereocenters. The van der Waals surface area contributed by atoms with E-state index in [1.165, 1.54) is 12.1 Å². The monoisotopic (exact) mass is 465 g/mol. The number of nitrogens with one attached hydrogen (secondary N) is 1. The highest BCUT2D eigenvalue weighted by atomic mass is 35.5. The minimum absolute atomic E-state index is 0.0783. The van der Waals surface area contributed by atoms with E-state index in [4.69, 9.17) is 11.6 Å². The molecule has 1 fully saturated rings. The highest BCUT2D eigenvalue weighted by Crippen LogP contribution is 2.33. The normalized spacial score (nSPS) is 17.4. The van der Waals surface area contributed by atoms with Gasteiger partial charge in [-0.2, -0.15) is 0 Å². The van der Waals surface area contributed by atoms with Crippen LogP contribution in [0.4, 0.5) is 4.39 Å². The van der Waals surface area contributed by atoms with Crippen LogP contribution in [0, 0.1) is 5.82 Å². The maximum Gasteiger partial charge on any atom is 0.253 e. The Bertz CT molecular complexity index is 1240. The van der Waals surface area contributed by atoms with Gasteiger partial charge in [-0.05, 0) is 37.1 Å². The zero-order valence-electron chi connectivity index (χ0n) is 17.9. The molecule has 1 N–H and O–H groups in total. The lowest BCUT2D eigenvalue weighted by molar-refractivity contribution is -0.128. The number of pyridine rings is 1. The first-order valence-corrected chi connectivity index (χ1v) is 11.2. The molecule has 2 amide bonds. The minimum Gasteiger partial charge on any atom is -0.346 e. The van der Waals surface area contributed by atoms with Crippen LogP contribution in [0.25, 0.3) is 11.3 Å². The van der Waals surface area contributed by atoms with E-state index in [0.29, 0.717) is 46.9 Å². The summed E-state index contributed by atoms with van der Waals surface area (Å²) in [5, 5.41) is 3.02. The van der Waals surface area contributed by atoms with Gasteiger partial charge in [0.05, 0.1) is 51.4 Å². The van der Waals surface area contributed by atoms with Crippen molar-refractivity contribution in [3.63, 3.8) is 0 Å². The zero-order valence-corrected chi connectivity index (χ0v) is 18.7. The summed E-state index contributed by atoms with van der Waals surface area (Å²) in [5.74, 6) is -0.893. The summed E-state index contributed by atoms with van der Waals surface area (Å²) in [6.45, 7) is 3.64. The first-order chi connectivity index (χ1) is 16.0. The maximum absolute atomic E-state index is 14.5. The number of carbonyl (C=O) groups excluding carboxylic acids is 2. The molecule has 5 rings (SSSR count). The highest BCUT2D eigenvalue weighted by molar-refractivity contribution is 6.33. The Balaban J connectivity index is 1.48. The van der Waals surface area contributed by atoms with Gasteiger partial charge in [0.2, 0.25) is 5.91 Å². The van der Waals surface area contributed by atoms with Crippen LogP contribution in [-0.4, -0.2) is 44.8 Å². The minimum atomic E-state index is -0.482. The molecule has 0 spiro atoms. The number of likely N-dealkylation sites (tertiary alicyclic amines) is 1. The molecular formula is C24H21ClFN5O2. The van der Waals surface area contributed by atoms with Crippen molar-refractivity contribution in [2.75, 3.05) is 13.1 Å². The van der Waals surface area contributed by atoms with Crippen molar-refractivity contribution in [1.82, 2.24) is 25.2 Å². The average molecular weight is 466 g/mol.